The van der Waals surface area contributed by atoms with Gasteiger partial charge in [0.05, 0.1) is 11.7 Å². The fourth-order valence-electron chi connectivity index (χ4n) is 2.11. The molecule has 3 aromatic rings. The number of carbonyl (C=O) groups excluding carboxylic acids is 1. The average Bonchev–Trinajstić information content (AvgIpc) is 3.06. The molecule has 2 aromatic heterocycles. The Labute approximate surface area is 143 Å². The molecule has 0 fully saturated rings. The number of carbonyl (C=O) groups is 1. The van der Waals surface area contributed by atoms with E-state index in [0.717, 1.165) is 16.3 Å². The summed E-state index contributed by atoms with van der Waals surface area (Å²) in [5, 5.41) is 6.08. The minimum Gasteiger partial charge on any atom is -0.343 e. The third-order valence-corrected chi connectivity index (χ3v) is 4.53. The minimum atomic E-state index is -0.196. The Balaban J connectivity index is 1.73. The number of hydrogen-bond donors (Lipinski definition) is 1. The molecule has 23 heavy (non-hydrogen) atoms. The smallest absolute Gasteiger partial charge is 0.251 e. The van der Waals surface area contributed by atoms with Crippen molar-refractivity contribution in [3.8, 4) is 11.3 Å². The normalized spacial score (nSPS) is 11.9. The molecule has 0 radical (unpaired) electrons. The van der Waals surface area contributed by atoms with Gasteiger partial charge in [-0.1, -0.05) is 41.9 Å². The summed E-state index contributed by atoms with van der Waals surface area (Å²) in [6, 6.07) is 12.9. The van der Waals surface area contributed by atoms with Gasteiger partial charge >= 0.3 is 0 Å². The molecule has 1 aromatic carbocycles. The highest BCUT2D eigenvalue weighted by Gasteiger charge is 2.15. The monoisotopic (exact) mass is 343 g/mol. The summed E-state index contributed by atoms with van der Waals surface area (Å²) in [6.45, 7) is 1.91. The molecule has 0 aliphatic heterocycles. The van der Waals surface area contributed by atoms with Crippen molar-refractivity contribution in [1.29, 1.82) is 0 Å². The maximum Gasteiger partial charge on any atom is 0.251 e. The molecule has 0 aliphatic rings. The van der Waals surface area contributed by atoms with Gasteiger partial charge in [-0.3, -0.25) is 4.79 Å². The van der Waals surface area contributed by atoms with E-state index in [9.17, 15) is 4.79 Å². The maximum absolute atomic E-state index is 12.2. The van der Waals surface area contributed by atoms with Crippen LogP contribution >= 0.6 is 22.9 Å². The Morgan fingerprint density at radius 2 is 2.04 bits per heavy atom. The van der Waals surface area contributed by atoms with Gasteiger partial charge in [0.25, 0.3) is 5.91 Å². The van der Waals surface area contributed by atoms with Gasteiger partial charge < -0.3 is 5.32 Å². The van der Waals surface area contributed by atoms with Crippen LogP contribution in [-0.4, -0.2) is 15.9 Å². The minimum absolute atomic E-state index is 0.183. The highest BCUT2D eigenvalue weighted by molar-refractivity contribution is 7.10. The number of nitrogens with zero attached hydrogens (tertiary/aromatic N) is 2. The van der Waals surface area contributed by atoms with Gasteiger partial charge in [0.1, 0.15) is 10.2 Å². The molecule has 0 aliphatic carbocycles. The molecule has 2 heterocycles. The summed E-state index contributed by atoms with van der Waals surface area (Å²) >= 11 is 7.34. The second-order valence-corrected chi connectivity index (χ2v) is 6.28. The molecule has 0 saturated heterocycles. The second kappa shape index (κ2) is 6.89. The van der Waals surface area contributed by atoms with Crippen molar-refractivity contribution in [2.75, 3.05) is 0 Å². The highest BCUT2D eigenvalue weighted by atomic mass is 35.5. The average molecular weight is 344 g/mol. The van der Waals surface area contributed by atoms with Crippen LogP contribution in [0.1, 0.15) is 28.3 Å². The van der Waals surface area contributed by atoms with Crippen LogP contribution in [0.4, 0.5) is 0 Å². The van der Waals surface area contributed by atoms with E-state index in [2.05, 4.69) is 15.3 Å². The first-order valence-corrected chi connectivity index (χ1v) is 8.32. The van der Waals surface area contributed by atoms with E-state index in [0.29, 0.717) is 10.7 Å². The van der Waals surface area contributed by atoms with Crippen molar-refractivity contribution in [3.05, 3.63) is 69.8 Å². The Hall–Kier alpha value is -2.24. The van der Waals surface area contributed by atoms with Gasteiger partial charge in [-0.05, 0) is 19.1 Å². The van der Waals surface area contributed by atoms with Crippen molar-refractivity contribution in [1.82, 2.24) is 15.3 Å². The van der Waals surface area contributed by atoms with Gasteiger partial charge in [0, 0.05) is 22.7 Å². The highest BCUT2D eigenvalue weighted by Crippen LogP contribution is 2.25. The largest absolute Gasteiger partial charge is 0.343 e. The fraction of sp³-hybridized carbons (Fsp3) is 0.118. The van der Waals surface area contributed by atoms with Crippen molar-refractivity contribution < 1.29 is 4.79 Å². The van der Waals surface area contributed by atoms with Crippen LogP contribution in [0.3, 0.4) is 0 Å². The lowest BCUT2D eigenvalue weighted by Crippen LogP contribution is -2.26. The first kappa shape index (κ1) is 15.6. The van der Waals surface area contributed by atoms with E-state index >= 15 is 0 Å². The first-order valence-electron chi connectivity index (χ1n) is 7.07. The van der Waals surface area contributed by atoms with Crippen LogP contribution in [0.5, 0.6) is 0 Å². The molecule has 0 bridgehead atoms. The van der Waals surface area contributed by atoms with Gasteiger partial charge in [0.15, 0.2) is 0 Å². The topological polar surface area (TPSA) is 54.9 Å². The Kier molecular flexibility index (Phi) is 4.69. The molecule has 1 atom stereocenters. The van der Waals surface area contributed by atoms with Crippen LogP contribution in [-0.2, 0) is 0 Å². The molecular weight excluding hydrogens is 330 g/mol. The first-order chi connectivity index (χ1) is 11.1. The number of aromatic nitrogens is 2. The number of rotatable bonds is 4. The lowest BCUT2D eigenvalue weighted by Gasteiger charge is -2.11. The Morgan fingerprint density at radius 1 is 1.26 bits per heavy atom. The standard InChI is InChI=1S/C17H14ClN3OS/c1-11(20-16(22)13-7-8-19-15(18)9-13)17-21-14(10-23-17)12-5-3-2-4-6-12/h2-11H,1H3,(H,20,22). The zero-order valence-electron chi connectivity index (χ0n) is 12.4. The van der Waals surface area contributed by atoms with Crippen LogP contribution in [0.2, 0.25) is 5.15 Å². The van der Waals surface area contributed by atoms with Gasteiger partial charge in [0.2, 0.25) is 0 Å². The summed E-state index contributed by atoms with van der Waals surface area (Å²) in [7, 11) is 0. The van der Waals surface area contributed by atoms with Crippen LogP contribution in [0.15, 0.2) is 54.0 Å². The third-order valence-electron chi connectivity index (χ3n) is 3.30. The molecule has 0 spiro atoms. The summed E-state index contributed by atoms with van der Waals surface area (Å²) < 4.78 is 0. The summed E-state index contributed by atoms with van der Waals surface area (Å²) in [4.78, 5) is 20.7. The van der Waals surface area contributed by atoms with Gasteiger partial charge in [-0.25, -0.2) is 9.97 Å². The maximum atomic E-state index is 12.2. The molecule has 3 rings (SSSR count). The predicted molar refractivity (Wildman–Crippen MR) is 92.7 cm³/mol. The molecule has 1 N–H and O–H groups in total. The van der Waals surface area contributed by atoms with Crippen molar-refractivity contribution in [2.45, 2.75) is 13.0 Å². The van der Waals surface area contributed by atoms with E-state index in [4.69, 9.17) is 11.6 Å². The van der Waals surface area contributed by atoms with Crippen molar-refractivity contribution in [3.63, 3.8) is 0 Å². The molecule has 1 unspecified atom stereocenters. The fourth-order valence-corrected chi connectivity index (χ4v) is 3.12. The quantitative estimate of drug-likeness (QED) is 0.716. The molecular formula is C17H14ClN3OS. The molecule has 0 saturated carbocycles. The van der Waals surface area contributed by atoms with Crippen molar-refractivity contribution >= 4 is 28.8 Å². The number of amides is 1. The number of hydrogen-bond acceptors (Lipinski definition) is 4. The third kappa shape index (κ3) is 3.75. The Bertz CT molecular complexity index is 819. The number of pyridine rings is 1. The molecule has 1 amide bonds. The zero-order valence-corrected chi connectivity index (χ0v) is 13.9. The molecule has 6 heteroatoms. The second-order valence-electron chi connectivity index (χ2n) is 5.00. The lowest BCUT2D eigenvalue weighted by atomic mass is 10.2. The van der Waals surface area contributed by atoms with Crippen LogP contribution in [0, 0.1) is 0 Å². The van der Waals surface area contributed by atoms with Gasteiger partial charge in [-0.15, -0.1) is 11.3 Å². The number of thiazole rings is 1. The zero-order chi connectivity index (χ0) is 16.2. The molecule has 116 valence electrons. The van der Waals surface area contributed by atoms with E-state index in [1.807, 2.05) is 42.6 Å². The predicted octanol–water partition coefficient (Wildman–Crippen LogP) is 4.35. The number of halogens is 1. The van der Waals surface area contributed by atoms with Crippen LogP contribution < -0.4 is 5.32 Å². The summed E-state index contributed by atoms with van der Waals surface area (Å²) in [5.74, 6) is -0.196. The van der Waals surface area contributed by atoms with E-state index in [1.54, 1.807) is 12.1 Å². The summed E-state index contributed by atoms with van der Waals surface area (Å²) in [5.41, 5.74) is 2.46. The summed E-state index contributed by atoms with van der Waals surface area (Å²) in [6.07, 6.45) is 1.51. The van der Waals surface area contributed by atoms with Crippen LogP contribution in [0.25, 0.3) is 11.3 Å². The number of benzene rings is 1. The van der Waals surface area contributed by atoms with E-state index in [-0.39, 0.29) is 11.9 Å². The number of nitrogens with one attached hydrogen (secondary N) is 1. The lowest BCUT2D eigenvalue weighted by molar-refractivity contribution is 0.0939. The Morgan fingerprint density at radius 3 is 2.78 bits per heavy atom. The van der Waals surface area contributed by atoms with E-state index < -0.39 is 0 Å². The molecule has 4 nitrogen and oxygen atoms in total. The van der Waals surface area contributed by atoms with E-state index in [1.165, 1.54) is 17.5 Å². The SMILES string of the molecule is CC(NC(=O)c1ccnc(Cl)c1)c1nc(-c2ccccc2)cs1. The van der Waals surface area contributed by atoms with Gasteiger partial charge in [-0.2, -0.15) is 0 Å². The van der Waals surface area contributed by atoms with Crippen molar-refractivity contribution in [2.24, 2.45) is 0 Å².